The van der Waals surface area contributed by atoms with E-state index in [4.69, 9.17) is 17.3 Å². The van der Waals surface area contributed by atoms with Gasteiger partial charge in [0.1, 0.15) is 6.61 Å². The molecule has 0 unspecified atom stereocenters. The largest absolute Gasteiger partial charge is 0.448 e. The molecule has 1 rings (SSSR count). The third kappa shape index (κ3) is 4.83. The molecule has 6 heteroatoms. The molecule has 1 aromatic rings. The number of primary amides is 1. The molecule has 0 radical (unpaired) electrons. The molecule has 0 saturated carbocycles. The molecule has 0 bridgehead atoms. The van der Waals surface area contributed by atoms with E-state index in [0.717, 1.165) is 10.0 Å². The van der Waals surface area contributed by atoms with E-state index >= 15 is 0 Å². The lowest BCUT2D eigenvalue weighted by atomic mass is 10.2. The fourth-order valence-electron chi connectivity index (χ4n) is 1.13. The zero-order valence-corrected chi connectivity index (χ0v) is 10.8. The van der Waals surface area contributed by atoms with Gasteiger partial charge in [-0.25, -0.2) is 4.79 Å². The molecule has 0 atom stereocenters. The molecule has 3 N–H and O–H groups in total. The number of carbonyl (C=O) groups is 1. The molecule has 0 saturated heterocycles. The second-order valence-electron chi connectivity index (χ2n) is 3.08. The SMILES string of the molecule is NC(=O)OCCNCc1cc(Cl)ccc1Br. The average Bonchev–Trinajstić information content (AvgIpc) is 2.22. The van der Waals surface area contributed by atoms with E-state index < -0.39 is 6.09 Å². The van der Waals surface area contributed by atoms with Crippen LogP contribution in [0.3, 0.4) is 0 Å². The zero-order chi connectivity index (χ0) is 12.0. The number of rotatable bonds is 5. The highest BCUT2D eigenvalue weighted by Gasteiger charge is 2.00. The van der Waals surface area contributed by atoms with Crippen molar-refractivity contribution in [3.8, 4) is 0 Å². The second kappa shape index (κ2) is 6.73. The third-order valence-electron chi connectivity index (χ3n) is 1.85. The van der Waals surface area contributed by atoms with Crippen LogP contribution < -0.4 is 11.1 Å². The minimum absolute atomic E-state index is 0.257. The van der Waals surface area contributed by atoms with Gasteiger partial charge in [0.05, 0.1) is 0 Å². The first kappa shape index (κ1) is 13.3. The Morgan fingerprint density at radius 1 is 1.56 bits per heavy atom. The number of amides is 1. The molecule has 16 heavy (non-hydrogen) atoms. The Labute approximate surface area is 107 Å². The van der Waals surface area contributed by atoms with Gasteiger partial charge in [0.25, 0.3) is 0 Å². The van der Waals surface area contributed by atoms with Crippen molar-refractivity contribution in [2.75, 3.05) is 13.2 Å². The Morgan fingerprint density at radius 3 is 3.00 bits per heavy atom. The number of hydrogen-bond donors (Lipinski definition) is 2. The number of nitrogens with one attached hydrogen (secondary N) is 1. The van der Waals surface area contributed by atoms with Crippen molar-refractivity contribution in [2.24, 2.45) is 5.73 Å². The van der Waals surface area contributed by atoms with E-state index in [-0.39, 0.29) is 6.61 Å². The highest BCUT2D eigenvalue weighted by Crippen LogP contribution is 2.20. The Bertz CT molecular complexity index is 374. The van der Waals surface area contributed by atoms with E-state index in [9.17, 15) is 4.79 Å². The number of benzene rings is 1. The maximum Gasteiger partial charge on any atom is 0.404 e. The molecule has 0 fully saturated rings. The van der Waals surface area contributed by atoms with E-state index in [0.29, 0.717) is 18.1 Å². The van der Waals surface area contributed by atoms with Crippen LogP contribution in [0.25, 0.3) is 0 Å². The highest BCUT2D eigenvalue weighted by atomic mass is 79.9. The number of carbonyl (C=O) groups excluding carboxylic acids is 1. The zero-order valence-electron chi connectivity index (χ0n) is 8.50. The summed E-state index contributed by atoms with van der Waals surface area (Å²) in [6, 6.07) is 5.57. The van der Waals surface area contributed by atoms with Gasteiger partial charge in [-0.1, -0.05) is 27.5 Å². The smallest absolute Gasteiger partial charge is 0.404 e. The summed E-state index contributed by atoms with van der Waals surface area (Å²) in [7, 11) is 0. The Hall–Kier alpha value is -0.780. The van der Waals surface area contributed by atoms with Crippen LogP contribution in [0, 0.1) is 0 Å². The van der Waals surface area contributed by atoms with Gasteiger partial charge in [0.15, 0.2) is 0 Å². The molecule has 88 valence electrons. The molecule has 0 aliphatic carbocycles. The van der Waals surface area contributed by atoms with Gasteiger partial charge < -0.3 is 15.8 Å². The van der Waals surface area contributed by atoms with Crippen LogP contribution >= 0.6 is 27.5 Å². The van der Waals surface area contributed by atoms with Crippen LogP contribution in [-0.4, -0.2) is 19.2 Å². The van der Waals surface area contributed by atoms with Gasteiger partial charge in [-0.2, -0.15) is 0 Å². The molecule has 0 aliphatic heterocycles. The summed E-state index contributed by atoms with van der Waals surface area (Å²) < 4.78 is 5.56. The molecule has 0 spiro atoms. The Morgan fingerprint density at radius 2 is 2.31 bits per heavy atom. The van der Waals surface area contributed by atoms with Crippen molar-refractivity contribution < 1.29 is 9.53 Å². The van der Waals surface area contributed by atoms with E-state index in [1.165, 1.54) is 0 Å². The van der Waals surface area contributed by atoms with Gasteiger partial charge in [-0.15, -0.1) is 0 Å². The number of nitrogens with two attached hydrogens (primary N) is 1. The number of ether oxygens (including phenoxy) is 1. The summed E-state index contributed by atoms with van der Waals surface area (Å²) >= 11 is 9.28. The Balaban J connectivity index is 2.31. The molecular formula is C10H12BrClN2O2. The van der Waals surface area contributed by atoms with Crippen LogP contribution in [0.5, 0.6) is 0 Å². The summed E-state index contributed by atoms with van der Waals surface area (Å²) in [5.74, 6) is 0. The van der Waals surface area contributed by atoms with Gasteiger partial charge >= 0.3 is 6.09 Å². The minimum atomic E-state index is -0.759. The molecule has 0 heterocycles. The summed E-state index contributed by atoms with van der Waals surface area (Å²) in [6.45, 7) is 1.44. The van der Waals surface area contributed by atoms with Crippen LogP contribution in [0.1, 0.15) is 5.56 Å². The van der Waals surface area contributed by atoms with Crippen molar-refractivity contribution in [1.82, 2.24) is 5.32 Å². The molecule has 4 nitrogen and oxygen atoms in total. The first-order valence-corrected chi connectivity index (χ1v) is 5.83. The first-order chi connectivity index (χ1) is 7.59. The highest BCUT2D eigenvalue weighted by molar-refractivity contribution is 9.10. The molecule has 0 aliphatic rings. The fraction of sp³-hybridized carbons (Fsp3) is 0.300. The van der Waals surface area contributed by atoms with E-state index in [1.54, 1.807) is 0 Å². The molecule has 0 aromatic heterocycles. The van der Waals surface area contributed by atoms with Crippen LogP contribution in [0.4, 0.5) is 4.79 Å². The van der Waals surface area contributed by atoms with Crippen molar-refractivity contribution in [3.63, 3.8) is 0 Å². The standard InChI is InChI=1S/C10H12BrClN2O2/c11-9-2-1-8(12)5-7(9)6-14-3-4-16-10(13)15/h1-2,5,14H,3-4,6H2,(H2,13,15). The lowest BCUT2D eigenvalue weighted by Gasteiger charge is -2.07. The molecular weight excluding hydrogens is 295 g/mol. The average molecular weight is 308 g/mol. The van der Waals surface area contributed by atoms with Crippen molar-refractivity contribution in [1.29, 1.82) is 0 Å². The van der Waals surface area contributed by atoms with Crippen molar-refractivity contribution in [2.45, 2.75) is 6.54 Å². The topological polar surface area (TPSA) is 64.4 Å². The molecule has 1 aromatic carbocycles. The van der Waals surface area contributed by atoms with Gasteiger partial charge in [0, 0.05) is 22.6 Å². The van der Waals surface area contributed by atoms with Gasteiger partial charge in [-0.05, 0) is 23.8 Å². The Kier molecular flexibility index (Phi) is 5.59. The maximum absolute atomic E-state index is 10.3. The lowest BCUT2D eigenvalue weighted by Crippen LogP contribution is -2.23. The fourth-order valence-corrected chi connectivity index (χ4v) is 1.71. The van der Waals surface area contributed by atoms with E-state index in [2.05, 4.69) is 26.0 Å². The summed E-state index contributed by atoms with van der Waals surface area (Å²) in [5.41, 5.74) is 5.86. The summed E-state index contributed by atoms with van der Waals surface area (Å²) in [5, 5.41) is 3.79. The van der Waals surface area contributed by atoms with Crippen molar-refractivity contribution in [3.05, 3.63) is 33.3 Å². The van der Waals surface area contributed by atoms with Crippen LogP contribution in [0.2, 0.25) is 5.02 Å². The summed E-state index contributed by atoms with van der Waals surface area (Å²) in [6.07, 6.45) is -0.759. The third-order valence-corrected chi connectivity index (χ3v) is 2.86. The van der Waals surface area contributed by atoms with Gasteiger partial charge in [-0.3, -0.25) is 0 Å². The summed E-state index contributed by atoms with van der Waals surface area (Å²) in [4.78, 5) is 10.3. The quantitative estimate of drug-likeness (QED) is 0.820. The molecule has 1 amide bonds. The number of hydrogen-bond acceptors (Lipinski definition) is 3. The van der Waals surface area contributed by atoms with E-state index in [1.807, 2.05) is 18.2 Å². The van der Waals surface area contributed by atoms with Crippen LogP contribution in [-0.2, 0) is 11.3 Å². The van der Waals surface area contributed by atoms with Gasteiger partial charge in [0.2, 0.25) is 0 Å². The van der Waals surface area contributed by atoms with Crippen LogP contribution in [0.15, 0.2) is 22.7 Å². The minimum Gasteiger partial charge on any atom is -0.448 e. The lowest BCUT2D eigenvalue weighted by molar-refractivity contribution is 0.157. The normalized spacial score (nSPS) is 10.1. The predicted molar refractivity (Wildman–Crippen MR) is 66.4 cm³/mol. The monoisotopic (exact) mass is 306 g/mol. The first-order valence-electron chi connectivity index (χ1n) is 4.66. The van der Waals surface area contributed by atoms with Crippen molar-refractivity contribution >= 4 is 33.6 Å². The number of halogens is 2. The maximum atomic E-state index is 10.3. The predicted octanol–water partition coefficient (Wildman–Crippen LogP) is 2.29. The second-order valence-corrected chi connectivity index (χ2v) is 4.37.